The van der Waals surface area contributed by atoms with Crippen LogP contribution in [0, 0.1) is 0 Å². The van der Waals surface area contributed by atoms with Crippen molar-refractivity contribution in [2.45, 2.75) is 0 Å². The van der Waals surface area contributed by atoms with Crippen molar-refractivity contribution in [1.29, 1.82) is 0 Å². The Balaban J connectivity index is 1.58. The Kier molecular flexibility index (Phi) is 5.68. The number of hydrogen-bond acceptors (Lipinski definition) is 5. The molecule has 6 nitrogen and oxygen atoms in total. The van der Waals surface area contributed by atoms with Crippen molar-refractivity contribution in [2.75, 3.05) is 6.61 Å². The number of esters is 1. The van der Waals surface area contributed by atoms with Crippen molar-refractivity contribution in [1.82, 2.24) is 14.8 Å². The first kappa shape index (κ1) is 19.5. The van der Waals surface area contributed by atoms with Crippen LogP contribution in [0.15, 0.2) is 84.9 Å². The molecule has 3 aromatic carbocycles. The number of nitrogens with zero attached hydrogens (tertiary/aromatic N) is 3. The average molecular weight is 418 g/mol. The molecule has 0 aliphatic carbocycles. The molecule has 0 bridgehead atoms. The Bertz CT molecular complexity index is 1120. The van der Waals surface area contributed by atoms with Crippen LogP contribution in [0.2, 0.25) is 5.02 Å². The van der Waals surface area contributed by atoms with E-state index in [4.69, 9.17) is 16.3 Å². The normalized spacial score (nSPS) is 10.6. The molecule has 30 heavy (non-hydrogen) atoms. The number of hydrogen-bond donors (Lipinski definition) is 0. The molecule has 0 saturated carbocycles. The predicted molar refractivity (Wildman–Crippen MR) is 113 cm³/mol. The molecule has 0 unspecified atom stereocenters. The molecule has 4 aromatic rings. The van der Waals surface area contributed by atoms with E-state index in [-0.39, 0.29) is 11.6 Å². The lowest BCUT2D eigenvalue weighted by atomic mass is 10.1. The van der Waals surface area contributed by atoms with Gasteiger partial charge in [-0.15, -0.1) is 5.10 Å². The number of Topliss-reactive ketones (excluding diaryl/α,β-unsaturated/α-hetero) is 1. The van der Waals surface area contributed by atoms with Crippen LogP contribution in [-0.4, -0.2) is 33.1 Å². The van der Waals surface area contributed by atoms with E-state index in [0.29, 0.717) is 16.4 Å². The van der Waals surface area contributed by atoms with Crippen molar-refractivity contribution >= 4 is 23.4 Å². The minimum atomic E-state index is -0.774. The molecule has 1 heterocycles. The molecular formula is C23H16ClN3O3. The SMILES string of the molecule is O=C(COC(=O)c1nc(-c2ccccc2)n(-c2ccccc2)n1)c1ccc(Cl)cc1. The zero-order valence-corrected chi connectivity index (χ0v) is 16.5. The third-order valence-electron chi connectivity index (χ3n) is 4.32. The molecule has 0 saturated heterocycles. The smallest absolute Gasteiger partial charge is 0.378 e. The number of ether oxygens (including phenoxy) is 1. The summed E-state index contributed by atoms with van der Waals surface area (Å²) in [5, 5.41) is 4.84. The van der Waals surface area contributed by atoms with E-state index in [0.717, 1.165) is 11.3 Å². The fourth-order valence-electron chi connectivity index (χ4n) is 2.84. The maximum absolute atomic E-state index is 12.5. The Morgan fingerprint density at radius 3 is 2.17 bits per heavy atom. The molecule has 0 radical (unpaired) electrons. The van der Waals surface area contributed by atoms with Gasteiger partial charge in [0.2, 0.25) is 0 Å². The Morgan fingerprint density at radius 2 is 1.50 bits per heavy atom. The summed E-state index contributed by atoms with van der Waals surface area (Å²) in [7, 11) is 0. The summed E-state index contributed by atoms with van der Waals surface area (Å²) >= 11 is 5.83. The zero-order valence-electron chi connectivity index (χ0n) is 15.7. The van der Waals surface area contributed by atoms with Gasteiger partial charge in [-0.1, -0.05) is 60.1 Å². The van der Waals surface area contributed by atoms with Crippen molar-refractivity contribution in [2.24, 2.45) is 0 Å². The maximum Gasteiger partial charge on any atom is 0.378 e. The summed E-state index contributed by atoms with van der Waals surface area (Å²) in [4.78, 5) is 29.1. The van der Waals surface area contributed by atoms with Gasteiger partial charge in [0.25, 0.3) is 5.82 Å². The van der Waals surface area contributed by atoms with Gasteiger partial charge >= 0.3 is 5.97 Å². The number of halogens is 1. The van der Waals surface area contributed by atoms with Gasteiger partial charge in [-0.3, -0.25) is 4.79 Å². The number of rotatable bonds is 6. The predicted octanol–water partition coefficient (Wildman–Crippen LogP) is 4.63. The first-order chi connectivity index (χ1) is 14.6. The first-order valence-electron chi connectivity index (χ1n) is 9.15. The fraction of sp³-hybridized carbons (Fsp3) is 0.0435. The molecular weight excluding hydrogens is 402 g/mol. The quantitative estimate of drug-likeness (QED) is 0.338. The van der Waals surface area contributed by atoms with E-state index in [1.54, 1.807) is 28.9 Å². The summed E-state index contributed by atoms with van der Waals surface area (Å²) in [6, 6.07) is 25.1. The number of para-hydroxylation sites is 1. The van der Waals surface area contributed by atoms with Crippen molar-refractivity contribution in [3.8, 4) is 17.1 Å². The van der Waals surface area contributed by atoms with Crippen LogP contribution in [-0.2, 0) is 4.74 Å². The molecule has 1 aromatic heterocycles. The summed E-state index contributed by atoms with van der Waals surface area (Å²) in [6.07, 6.45) is 0. The topological polar surface area (TPSA) is 74.1 Å². The molecule has 0 aliphatic heterocycles. The monoisotopic (exact) mass is 417 g/mol. The Hall–Kier alpha value is -3.77. The second-order valence-electron chi connectivity index (χ2n) is 6.38. The summed E-state index contributed by atoms with van der Waals surface area (Å²) < 4.78 is 6.73. The number of ketones is 1. The third kappa shape index (κ3) is 4.29. The summed E-state index contributed by atoms with van der Waals surface area (Å²) in [5.41, 5.74) is 1.95. The molecule has 0 aliphatic rings. The second kappa shape index (κ2) is 8.71. The van der Waals surface area contributed by atoms with E-state index < -0.39 is 12.6 Å². The van der Waals surface area contributed by atoms with Gasteiger partial charge in [0, 0.05) is 16.1 Å². The molecule has 0 amide bonds. The van der Waals surface area contributed by atoms with Gasteiger partial charge < -0.3 is 4.74 Å². The fourth-order valence-corrected chi connectivity index (χ4v) is 2.96. The molecule has 0 atom stereocenters. The number of carbonyl (C=O) groups excluding carboxylic acids is 2. The van der Waals surface area contributed by atoms with E-state index >= 15 is 0 Å². The minimum absolute atomic E-state index is 0.124. The van der Waals surface area contributed by atoms with Gasteiger partial charge in [0.1, 0.15) is 0 Å². The van der Waals surface area contributed by atoms with Crippen LogP contribution < -0.4 is 0 Å². The Morgan fingerprint density at radius 1 is 0.867 bits per heavy atom. The van der Waals surface area contributed by atoms with Crippen LogP contribution in [0.25, 0.3) is 17.1 Å². The molecule has 7 heteroatoms. The lowest BCUT2D eigenvalue weighted by Crippen LogP contribution is -2.15. The molecule has 0 fully saturated rings. The van der Waals surface area contributed by atoms with Crippen molar-refractivity contribution < 1.29 is 14.3 Å². The highest BCUT2D eigenvalue weighted by molar-refractivity contribution is 6.30. The van der Waals surface area contributed by atoms with Gasteiger partial charge in [0.05, 0.1) is 5.69 Å². The van der Waals surface area contributed by atoms with Gasteiger partial charge in [-0.25, -0.2) is 14.5 Å². The second-order valence-corrected chi connectivity index (χ2v) is 6.82. The Labute approximate surface area is 177 Å². The molecule has 0 spiro atoms. The summed E-state index contributed by atoms with van der Waals surface area (Å²) in [6.45, 7) is -0.416. The van der Waals surface area contributed by atoms with Crippen LogP contribution in [0.5, 0.6) is 0 Å². The highest BCUT2D eigenvalue weighted by Crippen LogP contribution is 2.21. The van der Waals surface area contributed by atoms with Gasteiger partial charge in [0.15, 0.2) is 18.2 Å². The van der Waals surface area contributed by atoms with Crippen molar-refractivity contribution in [3.63, 3.8) is 0 Å². The number of aromatic nitrogens is 3. The van der Waals surface area contributed by atoms with E-state index in [9.17, 15) is 9.59 Å². The zero-order chi connectivity index (χ0) is 20.9. The lowest BCUT2D eigenvalue weighted by molar-refractivity contribution is 0.0462. The number of carbonyl (C=O) groups is 2. The third-order valence-corrected chi connectivity index (χ3v) is 4.58. The maximum atomic E-state index is 12.5. The van der Waals surface area contributed by atoms with E-state index in [1.165, 1.54) is 0 Å². The molecule has 148 valence electrons. The largest absolute Gasteiger partial charge is 0.451 e. The minimum Gasteiger partial charge on any atom is -0.451 e. The lowest BCUT2D eigenvalue weighted by Gasteiger charge is -2.05. The number of benzene rings is 3. The average Bonchev–Trinajstić information content (AvgIpc) is 3.24. The van der Waals surface area contributed by atoms with Crippen molar-refractivity contribution in [3.05, 3.63) is 101 Å². The first-order valence-corrected chi connectivity index (χ1v) is 9.53. The van der Waals surface area contributed by atoms with Crippen LogP contribution >= 0.6 is 11.6 Å². The van der Waals surface area contributed by atoms with Crippen LogP contribution in [0.4, 0.5) is 0 Å². The van der Waals surface area contributed by atoms with Gasteiger partial charge in [-0.2, -0.15) is 0 Å². The van der Waals surface area contributed by atoms with Crippen LogP contribution in [0.3, 0.4) is 0 Å². The summed E-state index contributed by atoms with van der Waals surface area (Å²) in [5.74, 6) is -0.741. The van der Waals surface area contributed by atoms with Crippen LogP contribution in [0.1, 0.15) is 21.0 Å². The van der Waals surface area contributed by atoms with E-state index in [2.05, 4.69) is 10.1 Å². The molecule has 4 rings (SSSR count). The van der Waals surface area contributed by atoms with E-state index in [1.807, 2.05) is 60.7 Å². The standard InChI is InChI=1S/C23H16ClN3O3/c24-18-13-11-16(12-14-18)20(28)15-30-23(29)21-25-22(17-7-3-1-4-8-17)27(26-21)19-9-5-2-6-10-19/h1-14H,15H2. The van der Waals surface area contributed by atoms with Gasteiger partial charge in [-0.05, 0) is 36.4 Å². The highest BCUT2D eigenvalue weighted by atomic mass is 35.5. The molecule has 0 N–H and O–H groups in total. The highest BCUT2D eigenvalue weighted by Gasteiger charge is 2.21.